The lowest BCUT2D eigenvalue weighted by atomic mass is 10.1. The monoisotopic (exact) mass is 249 g/mol. The van der Waals surface area contributed by atoms with E-state index in [2.05, 4.69) is 9.68 Å². The van der Waals surface area contributed by atoms with Crippen molar-refractivity contribution in [3.05, 3.63) is 24.0 Å². The first-order valence-corrected chi connectivity index (χ1v) is 4.98. The number of rotatable bonds is 2. The van der Waals surface area contributed by atoms with Crippen molar-refractivity contribution in [2.75, 3.05) is 6.79 Å². The van der Waals surface area contributed by atoms with Gasteiger partial charge in [0.05, 0.1) is 5.56 Å². The van der Waals surface area contributed by atoms with Crippen molar-refractivity contribution in [1.82, 2.24) is 5.16 Å². The van der Waals surface area contributed by atoms with Crippen LogP contribution in [0, 0.1) is 0 Å². The molecule has 0 radical (unpaired) electrons. The van der Waals surface area contributed by atoms with E-state index in [1.165, 1.54) is 18.2 Å². The summed E-state index contributed by atoms with van der Waals surface area (Å²) in [6, 6.07) is 4.06. The highest BCUT2D eigenvalue weighted by Crippen LogP contribution is 2.43. The number of hydrogen-bond acceptors (Lipinski definition) is 6. The molecule has 0 unspecified atom stereocenters. The SMILES string of the molecule is O=C(O)c1cc(-c2cc(O)cc3c2OCO3)no1. The van der Waals surface area contributed by atoms with E-state index in [0.29, 0.717) is 17.1 Å². The minimum absolute atomic E-state index is 0.0332. The number of phenolic OH excluding ortho intramolecular Hbond substituents is 1. The molecular formula is C11H7NO6. The van der Waals surface area contributed by atoms with E-state index in [4.69, 9.17) is 14.6 Å². The number of ether oxygens (including phenoxy) is 2. The number of carbonyl (C=O) groups is 1. The number of hydrogen-bond donors (Lipinski definition) is 2. The molecule has 0 fully saturated rings. The van der Waals surface area contributed by atoms with E-state index in [0.717, 1.165) is 0 Å². The summed E-state index contributed by atoms with van der Waals surface area (Å²) >= 11 is 0. The van der Waals surface area contributed by atoms with Crippen molar-refractivity contribution >= 4 is 5.97 Å². The molecule has 2 heterocycles. The summed E-state index contributed by atoms with van der Waals surface area (Å²) in [5.41, 5.74) is 0.670. The first-order valence-electron chi connectivity index (χ1n) is 4.98. The number of nitrogens with zero attached hydrogens (tertiary/aromatic N) is 1. The minimum Gasteiger partial charge on any atom is -0.508 e. The maximum Gasteiger partial charge on any atom is 0.374 e. The summed E-state index contributed by atoms with van der Waals surface area (Å²) < 4.78 is 15.0. The van der Waals surface area contributed by atoms with Crippen LogP contribution in [0.1, 0.15) is 10.6 Å². The standard InChI is InChI=1S/C11H7NO6/c13-5-1-6(10-8(2-5)16-4-17-10)7-3-9(11(14)15)18-12-7/h1-3,13H,4H2,(H,14,15). The van der Waals surface area contributed by atoms with Crippen LogP contribution >= 0.6 is 0 Å². The van der Waals surface area contributed by atoms with Crippen molar-refractivity contribution in [3.8, 4) is 28.5 Å². The Morgan fingerprint density at radius 2 is 2.11 bits per heavy atom. The van der Waals surface area contributed by atoms with Crippen LogP contribution in [0.2, 0.25) is 0 Å². The summed E-state index contributed by atoms with van der Waals surface area (Å²) in [6.07, 6.45) is 0. The van der Waals surface area contributed by atoms with Gasteiger partial charge in [-0.05, 0) is 6.07 Å². The van der Waals surface area contributed by atoms with E-state index < -0.39 is 5.97 Å². The van der Waals surface area contributed by atoms with Gasteiger partial charge in [-0.25, -0.2) is 4.79 Å². The van der Waals surface area contributed by atoms with E-state index in [9.17, 15) is 9.90 Å². The Kier molecular flexibility index (Phi) is 2.12. The molecule has 7 heteroatoms. The summed E-state index contributed by atoms with van der Waals surface area (Å²) in [7, 11) is 0. The topological polar surface area (TPSA) is 102 Å². The Morgan fingerprint density at radius 3 is 2.83 bits per heavy atom. The van der Waals surface area contributed by atoms with Crippen LogP contribution < -0.4 is 9.47 Å². The van der Waals surface area contributed by atoms with E-state index in [1.807, 2.05) is 0 Å². The van der Waals surface area contributed by atoms with Crippen molar-refractivity contribution in [2.24, 2.45) is 0 Å². The van der Waals surface area contributed by atoms with Crippen LogP contribution in [-0.2, 0) is 0 Å². The molecule has 0 bridgehead atoms. The van der Waals surface area contributed by atoms with Gasteiger partial charge < -0.3 is 24.2 Å². The quantitative estimate of drug-likeness (QED) is 0.830. The summed E-state index contributed by atoms with van der Waals surface area (Å²) in [5.74, 6) is -0.763. The second kappa shape index (κ2) is 3.66. The Morgan fingerprint density at radius 1 is 1.28 bits per heavy atom. The van der Waals surface area contributed by atoms with Crippen molar-refractivity contribution < 1.29 is 29.0 Å². The predicted molar refractivity (Wildman–Crippen MR) is 56.7 cm³/mol. The van der Waals surface area contributed by atoms with Crippen LogP contribution in [0.4, 0.5) is 0 Å². The van der Waals surface area contributed by atoms with Crippen LogP contribution in [0.25, 0.3) is 11.3 Å². The second-order valence-electron chi connectivity index (χ2n) is 3.61. The van der Waals surface area contributed by atoms with Gasteiger partial charge in [-0.15, -0.1) is 0 Å². The molecule has 18 heavy (non-hydrogen) atoms. The zero-order valence-electron chi connectivity index (χ0n) is 8.91. The lowest BCUT2D eigenvalue weighted by Crippen LogP contribution is -1.93. The first kappa shape index (κ1) is 10.5. The Balaban J connectivity index is 2.13. The summed E-state index contributed by atoms with van der Waals surface area (Å²) in [4.78, 5) is 10.7. The lowest BCUT2D eigenvalue weighted by Gasteiger charge is -2.02. The van der Waals surface area contributed by atoms with Crippen molar-refractivity contribution in [2.45, 2.75) is 0 Å². The fraction of sp³-hybridized carbons (Fsp3) is 0.0909. The summed E-state index contributed by atoms with van der Waals surface area (Å²) in [5, 5.41) is 21.9. The molecule has 3 rings (SSSR count). The zero-order valence-corrected chi connectivity index (χ0v) is 8.91. The molecule has 1 aliphatic heterocycles. The third-order valence-corrected chi connectivity index (χ3v) is 2.45. The molecule has 0 saturated carbocycles. The highest BCUT2D eigenvalue weighted by atomic mass is 16.7. The number of carboxylic acid groups (broad SMARTS) is 1. The maximum atomic E-state index is 10.7. The second-order valence-corrected chi connectivity index (χ2v) is 3.61. The highest BCUT2D eigenvalue weighted by Gasteiger charge is 2.23. The molecule has 2 aromatic rings. The molecule has 2 N–H and O–H groups in total. The number of carboxylic acids is 1. The fourth-order valence-corrected chi connectivity index (χ4v) is 1.69. The van der Waals surface area contributed by atoms with Crippen LogP contribution in [-0.4, -0.2) is 28.1 Å². The van der Waals surface area contributed by atoms with Crippen LogP contribution in [0.3, 0.4) is 0 Å². The van der Waals surface area contributed by atoms with Gasteiger partial charge in [-0.2, -0.15) is 0 Å². The fourth-order valence-electron chi connectivity index (χ4n) is 1.69. The van der Waals surface area contributed by atoms with Gasteiger partial charge in [0.1, 0.15) is 11.4 Å². The van der Waals surface area contributed by atoms with Gasteiger partial charge >= 0.3 is 5.97 Å². The molecule has 0 amide bonds. The molecule has 92 valence electrons. The van der Waals surface area contributed by atoms with E-state index in [1.54, 1.807) is 0 Å². The third-order valence-electron chi connectivity index (χ3n) is 2.45. The molecule has 1 aromatic carbocycles. The number of phenols is 1. The molecule has 7 nitrogen and oxygen atoms in total. The molecule has 0 atom stereocenters. The highest BCUT2D eigenvalue weighted by molar-refractivity contribution is 5.86. The van der Waals surface area contributed by atoms with Crippen LogP contribution in [0.5, 0.6) is 17.2 Å². The number of fused-ring (bicyclic) bond motifs is 1. The molecule has 0 aliphatic carbocycles. The molecule has 1 aromatic heterocycles. The summed E-state index contributed by atoms with van der Waals surface area (Å²) in [6.45, 7) is 0.0371. The average molecular weight is 249 g/mol. The van der Waals surface area contributed by atoms with E-state index in [-0.39, 0.29) is 24.0 Å². The van der Waals surface area contributed by atoms with E-state index >= 15 is 0 Å². The molecule has 1 aliphatic rings. The largest absolute Gasteiger partial charge is 0.508 e. The van der Waals surface area contributed by atoms with Gasteiger partial charge in [0, 0.05) is 12.1 Å². The van der Waals surface area contributed by atoms with Gasteiger partial charge in [0.2, 0.25) is 12.6 Å². The zero-order chi connectivity index (χ0) is 12.7. The van der Waals surface area contributed by atoms with Gasteiger partial charge in [0.25, 0.3) is 0 Å². The smallest absolute Gasteiger partial charge is 0.374 e. The lowest BCUT2D eigenvalue weighted by molar-refractivity contribution is 0.0652. The van der Waals surface area contributed by atoms with Crippen molar-refractivity contribution in [3.63, 3.8) is 0 Å². The van der Waals surface area contributed by atoms with Gasteiger partial charge in [-0.1, -0.05) is 5.16 Å². The molecule has 0 spiro atoms. The first-order chi connectivity index (χ1) is 8.65. The van der Waals surface area contributed by atoms with Gasteiger partial charge in [-0.3, -0.25) is 0 Å². The molecule has 0 saturated heterocycles. The number of benzene rings is 1. The Labute approximate surface area is 100 Å². The number of aromatic carboxylic acids is 1. The van der Waals surface area contributed by atoms with Crippen molar-refractivity contribution in [1.29, 1.82) is 0 Å². The van der Waals surface area contributed by atoms with Crippen LogP contribution in [0.15, 0.2) is 22.7 Å². The Hall–Kier alpha value is -2.70. The average Bonchev–Trinajstić information content (AvgIpc) is 2.95. The third kappa shape index (κ3) is 1.53. The minimum atomic E-state index is -1.22. The number of aromatic nitrogens is 1. The van der Waals surface area contributed by atoms with Gasteiger partial charge in [0.15, 0.2) is 11.5 Å². The predicted octanol–water partition coefficient (Wildman–Crippen LogP) is 1.47. The molecular weight excluding hydrogens is 242 g/mol. The Bertz CT molecular complexity index is 632. The maximum absolute atomic E-state index is 10.7. The normalized spacial score (nSPS) is 12.7. The number of aromatic hydroxyl groups is 1.